The van der Waals surface area contributed by atoms with E-state index in [2.05, 4.69) is 56.7 Å². The van der Waals surface area contributed by atoms with Crippen LogP contribution in [0.1, 0.15) is 30.6 Å². The largest absolute Gasteiger partial charge is 0.378 e. The van der Waals surface area contributed by atoms with Crippen LogP contribution >= 0.6 is 11.3 Å². The highest BCUT2D eigenvalue weighted by Crippen LogP contribution is 2.47. The zero-order valence-electron chi connectivity index (χ0n) is 18.2. The third-order valence-electron chi connectivity index (χ3n) is 7.18. The van der Waals surface area contributed by atoms with Crippen LogP contribution in [0.25, 0.3) is 0 Å². The van der Waals surface area contributed by atoms with E-state index in [0.717, 1.165) is 44.5 Å². The minimum atomic E-state index is -0.184. The van der Waals surface area contributed by atoms with Gasteiger partial charge in [-0.2, -0.15) is 0 Å². The summed E-state index contributed by atoms with van der Waals surface area (Å²) in [6, 6.07) is 4.33. The van der Waals surface area contributed by atoms with Crippen molar-refractivity contribution in [3.63, 3.8) is 0 Å². The van der Waals surface area contributed by atoms with E-state index in [-0.39, 0.29) is 17.1 Å². The number of anilines is 2. The number of aromatic nitrogens is 2. The van der Waals surface area contributed by atoms with Crippen molar-refractivity contribution in [2.45, 2.75) is 36.8 Å². The topological polar surface area (TPSA) is 73.8 Å². The number of nitrogens with one attached hydrogen (secondary N) is 1. The Balaban J connectivity index is 1.29. The normalized spacial score (nSPS) is 29.1. The standard InChI is InChI=1S/C22H30N6O2S/c1-26(2)22(18-4-3-13-31-18)7-5-21(6-8-22)16-28(20(29)25-21)17-14-23-19(24-15-17)27-9-11-30-12-10-27/h3-4,13-15H,5-12,16H2,1-2H3,(H,25,29)/t21-,22-. The van der Waals surface area contributed by atoms with E-state index >= 15 is 0 Å². The molecule has 0 radical (unpaired) electrons. The summed E-state index contributed by atoms with van der Waals surface area (Å²) in [5.74, 6) is 0.700. The van der Waals surface area contributed by atoms with Crippen LogP contribution < -0.4 is 15.1 Å². The minimum Gasteiger partial charge on any atom is -0.378 e. The van der Waals surface area contributed by atoms with E-state index in [1.54, 1.807) is 17.3 Å². The number of nitrogens with zero attached hydrogens (tertiary/aromatic N) is 5. The zero-order valence-corrected chi connectivity index (χ0v) is 19.0. The van der Waals surface area contributed by atoms with Gasteiger partial charge in [-0.05, 0) is 51.2 Å². The lowest BCUT2D eigenvalue weighted by Crippen LogP contribution is -2.53. The van der Waals surface area contributed by atoms with Gasteiger partial charge in [-0.25, -0.2) is 14.8 Å². The third kappa shape index (κ3) is 3.68. The highest BCUT2D eigenvalue weighted by atomic mass is 32.1. The molecule has 1 N–H and O–H groups in total. The van der Waals surface area contributed by atoms with Crippen molar-refractivity contribution in [2.75, 3.05) is 56.7 Å². The second-order valence-electron chi connectivity index (χ2n) is 9.04. The van der Waals surface area contributed by atoms with Crippen LogP contribution in [-0.2, 0) is 10.3 Å². The lowest BCUT2D eigenvalue weighted by molar-refractivity contribution is 0.0689. The molecule has 0 unspecified atom stereocenters. The molecule has 0 bridgehead atoms. The Morgan fingerprint density at radius 1 is 1.13 bits per heavy atom. The quantitative estimate of drug-likeness (QED) is 0.785. The fourth-order valence-electron chi connectivity index (χ4n) is 5.18. The Hall–Kier alpha value is -2.23. The molecule has 2 aliphatic heterocycles. The molecule has 1 spiro atoms. The van der Waals surface area contributed by atoms with E-state index < -0.39 is 0 Å². The summed E-state index contributed by atoms with van der Waals surface area (Å²) in [5, 5.41) is 5.46. The molecule has 8 nitrogen and oxygen atoms in total. The molecule has 2 aromatic heterocycles. The smallest absolute Gasteiger partial charge is 0.322 e. The van der Waals surface area contributed by atoms with E-state index in [1.165, 1.54) is 4.88 Å². The van der Waals surface area contributed by atoms with Crippen LogP contribution in [0.2, 0.25) is 0 Å². The average molecular weight is 443 g/mol. The van der Waals surface area contributed by atoms with E-state index in [0.29, 0.717) is 25.7 Å². The van der Waals surface area contributed by atoms with Crippen molar-refractivity contribution in [1.82, 2.24) is 20.2 Å². The predicted octanol–water partition coefficient (Wildman–Crippen LogP) is 2.67. The molecule has 0 aromatic carbocycles. The first-order chi connectivity index (χ1) is 15.0. The molecule has 2 saturated heterocycles. The number of rotatable bonds is 4. The van der Waals surface area contributed by atoms with Crippen LogP contribution in [0.15, 0.2) is 29.9 Å². The molecule has 4 heterocycles. The van der Waals surface area contributed by atoms with Gasteiger partial charge in [0.2, 0.25) is 5.95 Å². The molecule has 3 aliphatic rings. The van der Waals surface area contributed by atoms with Gasteiger partial charge in [-0.15, -0.1) is 11.3 Å². The Bertz CT molecular complexity index is 903. The van der Waals surface area contributed by atoms with Crippen LogP contribution in [0, 0.1) is 0 Å². The number of thiophene rings is 1. The summed E-state index contributed by atoms with van der Waals surface area (Å²) in [6.07, 6.45) is 7.52. The van der Waals surface area contributed by atoms with Crippen molar-refractivity contribution in [2.24, 2.45) is 0 Å². The fourth-order valence-corrected chi connectivity index (χ4v) is 6.25. The number of amides is 2. The maximum atomic E-state index is 12.9. The maximum absolute atomic E-state index is 12.9. The summed E-state index contributed by atoms with van der Waals surface area (Å²) in [5.41, 5.74) is 0.631. The molecule has 0 atom stereocenters. The lowest BCUT2D eigenvalue weighted by atomic mass is 9.71. The first-order valence-corrected chi connectivity index (χ1v) is 11.9. The second-order valence-corrected chi connectivity index (χ2v) is 9.99. The fraction of sp³-hybridized carbons (Fsp3) is 0.591. The summed E-state index contributed by atoms with van der Waals surface area (Å²) >= 11 is 1.83. The summed E-state index contributed by atoms with van der Waals surface area (Å²) in [6.45, 7) is 3.65. The van der Waals surface area contributed by atoms with Crippen molar-refractivity contribution in [3.8, 4) is 0 Å². The molecule has 2 amide bonds. The number of urea groups is 1. The molecular formula is C22H30N6O2S. The summed E-state index contributed by atoms with van der Waals surface area (Å²) in [7, 11) is 4.34. The Kier molecular flexibility index (Phi) is 5.35. The van der Waals surface area contributed by atoms with Gasteiger partial charge in [-0.1, -0.05) is 6.07 Å². The first-order valence-electron chi connectivity index (χ1n) is 11.0. The number of ether oxygens (including phenoxy) is 1. The molecule has 5 rings (SSSR count). The van der Waals surface area contributed by atoms with Gasteiger partial charge in [0.15, 0.2) is 0 Å². The van der Waals surface area contributed by atoms with Crippen molar-refractivity contribution in [3.05, 3.63) is 34.8 Å². The number of carbonyl (C=O) groups is 1. The number of carbonyl (C=O) groups excluding carboxylic acids is 1. The SMILES string of the molecule is CN(C)[C@]1(c2cccs2)CC[C@@]2(CC1)CN(c1cnc(N3CCOCC3)nc1)C(=O)N2. The van der Waals surface area contributed by atoms with Gasteiger partial charge >= 0.3 is 6.03 Å². The number of hydrogen-bond donors (Lipinski definition) is 1. The van der Waals surface area contributed by atoms with E-state index in [9.17, 15) is 4.79 Å². The molecular weight excluding hydrogens is 412 g/mol. The molecule has 166 valence electrons. The van der Waals surface area contributed by atoms with Crippen LogP contribution in [-0.4, -0.2) is 73.4 Å². The Morgan fingerprint density at radius 2 is 1.84 bits per heavy atom. The third-order valence-corrected chi connectivity index (χ3v) is 8.24. The van der Waals surface area contributed by atoms with Gasteiger partial charge in [0.1, 0.15) is 0 Å². The average Bonchev–Trinajstić information content (AvgIpc) is 3.44. The summed E-state index contributed by atoms with van der Waals surface area (Å²) < 4.78 is 5.40. The van der Waals surface area contributed by atoms with Crippen LogP contribution in [0.3, 0.4) is 0 Å². The number of morpholine rings is 1. The highest BCUT2D eigenvalue weighted by Gasteiger charge is 2.50. The number of hydrogen-bond acceptors (Lipinski definition) is 7. The minimum absolute atomic E-state index is 0.0452. The van der Waals surface area contributed by atoms with Crippen molar-refractivity contribution < 1.29 is 9.53 Å². The zero-order chi connectivity index (χ0) is 21.5. The predicted molar refractivity (Wildman–Crippen MR) is 122 cm³/mol. The monoisotopic (exact) mass is 442 g/mol. The van der Waals surface area contributed by atoms with Gasteiger partial charge in [-0.3, -0.25) is 9.80 Å². The molecule has 2 aromatic rings. The van der Waals surface area contributed by atoms with Gasteiger partial charge in [0, 0.05) is 18.0 Å². The second kappa shape index (κ2) is 8.03. The maximum Gasteiger partial charge on any atom is 0.322 e. The van der Waals surface area contributed by atoms with Gasteiger partial charge in [0.05, 0.1) is 48.9 Å². The molecule has 9 heteroatoms. The molecule has 3 fully saturated rings. The van der Waals surface area contributed by atoms with E-state index in [1.807, 2.05) is 11.3 Å². The summed E-state index contributed by atoms with van der Waals surface area (Å²) in [4.78, 5) is 29.6. The van der Waals surface area contributed by atoms with Crippen LogP contribution in [0.5, 0.6) is 0 Å². The van der Waals surface area contributed by atoms with Gasteiger partial charge in [0.25, 0.3) is 0 Å². The van der Waals surface area contributed by atoms with Crippen molar-refractivity contribution >= 4 is 29.0 Å². The molecule has 31 heavy (non-hydrogen) atoms. The Labute approximate surface area is 187 Å². The first kappa shape index (κ1) is 20.7. The van der Waals surface area contributed by atoms with Crippen LogP contribution in [0.4, 0.5) is 16.4 Å². The van der Waals surface area contributed by atoms with Crippen molar-refractivity contribution in [1.29, 1.82) is 0 Å². The molecule has 1 saturated carbocycles. The Morgan fingerprint density at radius 3 is 2.45 bits per heavy atom. The van der Waals surface area contributed by atoms with E-state index in [4.69, 9.17) is 4.74 Å². The van der Waals surface area contributed by atoms with Gasteiger partial charge < -0.3 is 15.0 Å². The molecule has 1 aliphatic carbocycles. The highest BCUT2D eigenvalue weighted by molar-refractivity contribution is 7.10. The lowest BCUT2D eigenvalue weighted by Gasteiger charge is -2.47.